The molecule has 3 rings (SSSR count). The zero-order valence-electron chi connectivity index (χ0n) is 17.2. The minimum absolute atomic E-state index is 0.0859. The number of carbonyl (C=O) groups excluding carboxylic acids is 2. The Kier molecular flexibility index (Phi) is 7.11. The molecule has 6 nitrogen and oxygen atoms in total. The van der Waals surface area contributed by atoms with Gasteiger partial charge in [0.05, 0.1) is 6.21 Å². The van der Waals surface area contributed by atoms with Gasteiger partial charge in [0, 0.05) is 11.3 Å². The van der Waals surface area contributed by atoms with E-state index in [2.05, 4.69) is 15.8 Å². The number of aryl methyl sites for hydroxylation is 2. The molecule has 7 heteroatoms. The number of benzene rings is 3. The molecule has 158 valence electrons. The van der Waals surface area contributed by atoms with E-state index in [-0.39, 0.29) is 12.4 Å². The van der Waals surface area contributed by atoms with Gasteiger partial charge in [-0.3, -0.25) is 9.59 Å². The smallest absolute Gasteiger partial charge is 0.329 e. The van der Waals surface area contributed by atoms with Crippen molar-refractivity contribution in [2.45, 2.75) is 20.5 Å². The van der Waals surface area contributed by atoms with Gasteiger partial charge in [0.15, 0.2) is 0 Å². The van der Waals surface area contributed by atoms with E-state index in [9.17, 15) is 14.0 Å². The molecule has 2 N–H and O–H groups in total. The predicted molar refractivity (Wildman–Crippen MR) is 117 cm³/mol. The number of rotatable bonds is 6. The fraction of sp³-hybridized carbons (Fsp3) is 0.125. The van der Waals surface area contributed by atoms with Gasteiger partial charge in [-0.1, -0.05) is 42.5 Å². The lowest BCUT2D eigenvalue weighted by molar-refractivity contribution is -0.136. The van der Waals surface area contributed by atoms with E-state index < -0.39 is 11.8 Å². The molecule has 0 aliphatic carbocycles. The fourth-order valence-corrected chi connectivity index (χ4v) is 2.73. The summed E-state index contributed by atoms with van der Waals surface area (Å²) in [4.78, 5) is 24.1. The Morgan fingerprint density at radius 1 is 1.00 bits per heavy atom. The largest absolute Gasteiger partial charge is 0.489 e. The molecule has 0 fully saturated rings. The molecule has 0 spiro atoms. The molecule has 0 bridgehead atoms. The van der Waals surface area contributed by atoms with Gasteiger partial charge in [0.25, 0.3) is 0 Å². The number of amides is 2. The molecule has 31 heavy (non-hydrogen) atoms. The molecule has 0 aliphatic rings. The molecule has 3 aromatic rings. The van der Waals surface area contributed by atoms with Crippen LogP contribution in [0.1, 0.15) is 22.3 Å². The van der Waals surface area contributed by atoms with E-state index in [0.29, 0.717) is 22.6 Å². The summed E-state index contributed by atoms with van der Waals surface area (Å²) in [6.07, 6.45) is 1.39. The van der Waals surface area contributed by atoms with Crippen LogP contribution >= 0.6 is 0 Å². The third-order valence-corrected chi connectivity index (χ3v) is 4.44. The van der Waals surface area contributed by atoms with Gasteiger partial charge >= 0.3 is 11.8 Å². The maximum atomic E-state index is 13.7. The van der Waals surface area contributed by atoms with Crippen molar-refractivity contribution in [3.05, 3.63) is 94.8 Å². The molecule has 0 unspecified atom stereocenters. The first-order chi connectivity index (χ1) is 14.9. The van der Waals surface area contributed by atoms with Gasteiger partial charge < -0.3 is 10.1 Å². The number of hydrogen-bond donors (Lipinski definition) is 2. The van der Waals surface area contributed by atoms with Crippen LogP contribution in [-0.4, -0.2) is 18.0 Å². The van der Waals surface area contributed by atoms with E-state index in [1.165, 1.54) is 12.3 Å². The normalized spacial score (nSPS) is 10.7. The number of halogens is 1. The van der Waals surface area contributed by atoms with Crippen LogP contribution in [0.4, 0.5) is 10.1 Å². The first-order valence-corrected chi connectivity index (χ1v) is 9.60. The van der Waals surface area contributed by atoms with Crippen molar-refractivity contribution >= 4 is 23.7 Å². The van der Waals surface area contributed by atoms with Crippen molar-refractivity contribution in [2.24, 2.45) is 5.10 Å². The predicted octanol–water partition coefficient (Wildman–Crippen LogP) is 4.11. The molecule has 0 aliphatic heterocycles. The summed E-state index contributed by atoms with van der Waals surface area (Å²) in [5.41, 5.74) is 5.68. The Morgan fingerprint density at radius 2 is 1.81 bits per heavy atom. The highest BCUT2D eigenvalue weighted by atomic mass is 19.1. The van der Waals surface area contributed by atoms with Gasteiger partial charge in [-0.25, -0.2) is 9.82 Å². The molecule has 0 atom stereocenters. The van der Waals surface area contributed by atoms with Crippen LogP contribution in [0.5, 0.6) is 5.75 Å². The van der Waals surface area contributed by atoms with Gasteiger partial charge in [-0.2, -0.15) is 5.10 Å². The second kappa shape index (κ2) is 10.2. The van der Waals surface area contributed by atoms with Gasteiger partial charge in [-0.05, 0) is 54.8 Å². The number of hydrogen-bond acceptors (Lipinski definition) is 4. The fourth-order valence-electron chi connectivity index (χ4n) is 2.73. The second-order valence-corrected chi connectivity index (χ2v) is 6.92. The number of hydrazone groups is 1. The van der Waals surface area contributed by atoms with Crippen molar-refractivity contribution in [3.63, 3.8) is 0 Å². The average Bonchev–Trinajstić information content (AvgIpc) is 2.76. The summed E-state index contributed by atoms with van der Waals surface area (Å²) in [7, 11) is 0. The van der Waals surface area contributed by atoms with Gasteiger partial charge in [0.1, 0.15) is 18.2 Å². The SMILES string of the molecule is Cc1ccc(C)c(NC(=O)C(=O)N/N=C/c2cccc(OCc3ccccc3F)c2)c1. The van der Waals surface area contributed by atoms with Crippen molar-refractivity contribution in [2.75, 3.05) is 5.32 Å². The first kappa shape index (κ1) is 21.7. The maximum Gasteiger partial charge on any atom is 0.329 e. The Morgan fingerprint density at radius 3 is 2.61 bits per heavy atom. The van der Waals surface area contributed by atoms with Crippen LogP contribution in [0, 0.1) is 19.7 Å². The molecule has 3 aromatic carbocycles. The standard InChI is InChI=1S/C24H22FN3O3/c1-16-10-11-17(2)22(12-16)27-23(29)24(30)28-26-14-18-6-5-8-20(13-18)31-15-19-7-3-4-9-21(19)25/h3-14H,15H2,1-2H3,(H,27,29)(H,28,30)/b26-14+. The van der Waals surface area contributed by atoms with Crippen LogP contribution in [0.2, 0.25) is 0 Å². The van der Waals surface area contributed by atoms with E-state index in [0.717, 1.165) is 11.1 Å². The topological polar surface area (TPSA) is 79.8 Å². The van der Waals surface area contributed by atoms with Crippen LogP contribution < -0.4 is 15.5 Å². The molecule has 0 saturated carbocycles. The third kappa shape index (κ3) is 6.24. The molecule has 0 radical (unpaired) electrons. The summed E-state index contributed by atoms with van der Waals surface area (Å²) in [5, 5.41) is 6.39. The van der Waals surface area contributed by atoms with E-state index in [1.807, 2.05) is 26.0 Å². The monoisotopic (exact) mass is 419 g/mol. The van der Waals surface area contributed by atoms with Crippen LogP contribution in [0.15, 0.2) is 71.8 Å². The lowest BCUT2D eigenvalue weighted by Gasteiger charge is -2.08. The molecule has 0 saturated heterocycles. The Hall–Kier alpha value is -4.00. The van der Waals surface area contributed by atoms with E-state index in [4.69, 9.17) is 4.74 Å². The van der Waals surface area contributed by atoms with Crippen molar-refractivity contribution < 1.29 is 18.7 Å². The average molecular weight is 419 g/mol. The van der Waals surface area contributed by atoms with Crippen LogP contribution in [0.3, 0.4) is 0 Å². The molecule has 0 heterocycles. The lowest BCUT2D eigenvalue weighted by atomic mass is 10.1. The van der Waals surface area contributed by atoms with Crippen LogP contribution in [-0.2, 0) is 16.2 Å². The Balaban J connectivity index is 1.55. The van der Waals surface area contributed by atoms with E-state index >= 15 is 0 Å². The highest BCUT2D eigenvalue weighted by Gasteiger charge is 2.14. The van der Waals surface area contributed by atoms with Crippen LogP contribution in [0.25, 0.3) is 0 Å². The summed E-state index contributed by atoms with van der Waals surface area (Å²) in [6.45, 7) is 3.82. The van der Waals surface area contributed by atoms with Crippen molar-refractivity contribution in [3.8, 4) is 5.75 Å². The number of carbonyl (C=O) groups is 2. The first-order valence-electron chi connectivity index (χ1n) is 9.60. The summed E-state index contributed by atoms with van der Waals surface area (Å²) in [6, 6.07) is 18.9. The third-order valence-electron chi connectivity index (χ3n) is 4.44. The second-order valence-electron chi connectivity index (χ2n) is 6.92. The Labute approximate surface area is 179 Å². The number of nitrogens with zero attached hydrogens (tertiary/aromatic N) is 1. The molecule has 2 amide bonds. The number of ether oxygens (including phenoxy) is 1. The summed E-state index contributed by atoms with van der Waals surface area (Å²) in [5.74, 6) is -1.51. The lowest BCUT2D eigenvalue weighted by Crippen LogP contribution is -2.32. The Bertz CT molecular complexity index is 1130. The zero-order chi connectivity index (χ0) is 22.2. The van der Waals surface area contributed by atoms with E-state index in [1.54, 1.807) is 48.5 Å². The van der Waals surface area contributed by atoms with Gasteiger partial charge in [0.2, 0.25) is 0 Å². The highest BCUT2D eigenvalue weighted by molar-refractivity contribution is 6.39. The number of nitrogens with one attached hydrogen (secondary N) is 2. The highest BCUT2D eigenvalue weighted by Crippen LogP contribution is 2.17. The van der Waals surface area contributed by atoms with Crippen molar-refractivity contribution in [1.82, 2.24) is 5.43 Å². The van der Waals surface area contributed by atoms with Gasteiger partial charge in [-0.15, -0.1) is 0 Å². The molecule has 0 aromatic heterocycles. The minimum Gasteiger partial charge on any atom is -0.489 e. The van der Waals surface area contributed by atoms with Crippen molar-refractivity contribution in [1.29, 1.82) is 0 Å². The maximum absolute atomic E-state index is 13.7. The number of anilines is 1. The zero-order valence-corrected chi connectivity index (χ0v) is 17.2. The summed E-state index contributed by atoms with van der Waals surface area (Å²) >= 11 is 0. The quantitative estimate of drug-likeness (QED) is 0.359. The molecular weight excluding hydrogens is 397 g/mol. The minimum atomic E-state index is -0.885. The molecular formula is C24H22FN3O3. The summed E-state index contributed by atoms with van der Waals surface area (Å²) < 4.78 is 19.3.